The van der Waals surface area contributed by atoms with Gasteiger partial charge in [0.2, 0.25) is 5.91 Å². The molecular weight excluding hydrogens is 452 g/mol. The third-order valence-corrected chi connectivity index (χ3v) is 6.78. The van der Waals surface area contributed by atoms with E-state index in [0.717, 1.165) is 70.8 Å². The van der Waals surface area contributed by atoms with Gasteiger partial charge in [-0.1, -0.05) is 61.7 Å². The number of carboxylic acids is 1. The van der Waals surface area contributed by atoms with Gasteiger partial charge in [0.05, 0.1) is 6.54 Å². The van der Waals surface area contributed by atoms with Gasteiger partial charge < -0.3 is 14.4 Å². The maximum absolute atomic E-state index is 13.7. The van der Waals surface area contributed by atoms with Crippen molar-refractivity contribution in [1.82, 2.24) is 4.98 Å². The molecule has 1 fully saturated rings. The van der Waals surface area contributed by atoms with Gasteiger partial charge in [-0.05, 0) is 65.4 Å². The summed E-state index contributed by atoms with van der Waals surface area (Å²) in [5, 5.41) is 8.99. The number of aromatic nitrogens is 1. The van der Waals surface area contributed by atoms with E-state index in [1.54, 1.807) is 6.08 Å². The van der Waals surface area contributed by atoms with Gasteiger partial charge in [-0.15, -0.1) is 0 Å². The third kappa shape index (κ3) is 5.38. The molecule has 6 nitrogen and oxygen atoms in total. The topological polar surface area (TPSA) is 83.6 Å². The minimum absolute atomic E-state index is 0.0184. The van der Waals surface area contributed by atoms with E-state index in [1.165, 1.54) is 12.8 Å². The van der Waals surface area contributed by atoms with E-state index in [4.69, 9.17) is 9.52 Å². The molecule has 4 aromatic rings. The first-order chi connectivity index (χ1) is 17.6. The molecule has 36 heavy (non-hydrogen) atoms. The summed E-state index contributed by atoms with van der Waals surface area (Å²) >= 11 is 0. The number of hydrogen-bond acceptors (Lipinski definition) is 4. The van der Waals surface area contributed by atoms with Gasteiger partial charge in [0, 0.05) is 17.7 Å². The number of carboxylic acid groups (broad SMARTS) is 1. The summed E-state index contributed by atoms with van der Waals surface area (Å²) in [6.07, 6.45) is 9.28. The van der Waals surface area contributed by atoms with Crippen LogP contribution in [0.3, 0.4) is 0 Å². The number of amides is 1. The lowest BCUT2D eigenvalue weighted by molar-refractivity contribution is -0.131. The Balaban J connectivity index is 1.42. The normalized spacial score (nSPS) is 14.3. The SMILES string of the molecule is O=C(O)/C=C/c1cccc(N(Cc2ccc(-c3ccc4ncoc4c3)cc2)C(=O)C2CCCCC2)c1. The Morgan fingerprint density at radius 2 is 1.75 bits per heavy atom. The zero-order valence-electron chi connectivity index (χ0n) is 20.0. The summed E-state index contributed by atoms with van der Waals surface area (Å²) in [5.41, 5.74) is 6.22. The molecule has 0 bridgehead atoms. The number of carbonyl (C=O) groups is 2. The molecule has 0 aliphatic heterocycles. The highest BCUT2D eigenvalue weighted by Gasteiger charge is 2.27. The van der Waals surface area contributed by atoms with Crippen LogP contribution in [0.2, 0.25) is 0 Å². The molecule has 6 heteroatoms. The predicted molar refractivity (Wildman–Crippen MR) is 140 cm³/mol. The smallest absolute Gasteiger partial charge is 0.328 e. The summed E-state index contributed by atoms with van der Waals surface area (Å²) in [6.45, 7) is 0.447. The number of rotatable bonds is 7. The number of benzene rings is 3. The lowest BCUT2D eigenvalue weighted by atomic mass is 9.88. The molecular formula is C30H28N2O4. The second-order valence-electron chi connectivity index (χ2n) is 9.26. The van der Waals surface area contributed by atoms with E-state index >= 15 is 0 Å². The fourth-order valence-corrected chi connectivity index (χ4v) is 4.85. The molecule has 1 aliphatic rings. The first kappa shape index (κ1) is 23.5. The maximum atomic E-state index is 13.7. The lowest BCUT2D eigenvalue weighted by Gasteiger charge is -2.30. The summed E-state index contributed by atoms with van der Waals surface area (Å²) in [7, 11) is 0. The van der Waals surface area contributed by atoms with Gasteiger partial charge in [0.25, 0.3) is 0 Å². The number of fused-ring (bicyclic) bond motifs is 1. The predicted octanol–water partition coefficient (Wildman–Crippen LogP) is 6.71. The monoisotopic (exact) mass is 480 g/mol. The molecule has 1 amide bonds. The maximum Gasteiger partial charge on any atom is 0.328 e. The van der Waals surface area contributed by atoms with E-state index in [9.17, 15) is 9.59 Å². The molecule has 0 saturated heterocycles. The van der Waals surface area contributed by atoms with Crippen molar-refractivity contribution in [3.63, 3.8) is 0 Å². The van der Waals surface area contributed by atoms with E-state index in [2.05, 4.69) is 29.2 Å². The van der Waals surface area contributed by atoms with Crippen molar-refractivity contribution in [2.24, 2.45) is 5.92 Å². The summed E-state index contributed by atoms with van der Waals surface area (Å²) in [6, 6.07) is 21.7. The van der Waals surface area contributed by atoms with Gasteiger partial charge >= 0.3 is 5.97 Å². The Morgan fingerprint density at radius 1 is 0.972 bits per heavy atom. The van der Waals surface area contributed by atoms with E-state index < -0.39 is 5.97 Å². The molecule has 1 N–H and O–H groups in total. The number of hydrogen-bond donors (Lipinski definition) is 1. The number of anilines is 1. The fourth-order valence-electron chi connectivity index (χ4n) is 4.85. The van der Waals surface area contributed by atoms with Crippen LogP contribution in [-0.4, -0.2) is 22.0 Å². The van der Waals surface area contributed by atoms with Crippen molar-refractivity contribution in [1.29, 1.82) is 0 Å². The number of oxazole rings is 1. The molecule has 5 rings (SSSR count). The van der Waals surface area contributed by atoms with Crippen molar-refractivity contribution in [2.45, 2.75) is 38.6 Å². The van der Waals surface area contributed by atoms with Crippen LogP contribution in [0, 0.1) is 5.92 Å². The van der Waals surface area contributed by atoms with E-state index in [0.29, 0.717) is 6.54 Å². The summed E-state index contributed by atoms with van der Waals surface area (Å²) in [5.74, 6) is -0.850. The van der Waals surface area contributed by atoms with Gasteiger partial charge in [0.15, 0.2) is 12.0 Å². The standard InChI is InChI=1S/C30H28N2O4/c33-29(34)16-11-21-5-4-8-26(17-21)32(30(35)24-6-2-1-3-7-24)19-22-9-12-23(13-10-22)25-14-15-27-28(18-25)36-20-31-27/h4-5,8-18,20,24H,1-3,6-7,19H2,(H,33,34)/b16-11+. The van der Waals surface area contributed by atoms with E-state index in [1.807, 2.05) is 47.4 Å². The highest BCUT2D eigenvalue weighted by atomic mass is 16.4. The molecule has 1 heterocycles. The van der Waals surface area contributed by atoms with Gasteiger partial charge in [0.1, 0.15) is 5.52 Å². The van der Waals surface area contributed by atoms with Crippen LogP contribution in [0.1, 0.15) is 43.2 Å². The van der Waals surface area contributed by atoms with E-state index in [-0.39, 0.29) is 11.8 Å². The molecule has 1 saturated carbocycles. The first-order valence-electron chi connectivity index (χ1n) is 12.3. The van der Waals surface area contributed by atoms with Crippen LogP contribution >= 0.6 is 0 Å². The van der Waals surface area contributed by atoms with Gasteiger partial charge in [-0.25, -0.2) is 9.78 Å². The molecule has 1 aromatic heterocycles. The Hall–Kier alpha value is -4.19. The van der Waals surface area contributed by atoms with Crippen molar-refractivity contribution < 1.29 is 19.1 Å². The van der Waals surface area contributed by atoms with Crippen molar-refractivity contribution in [3.05, 3.63) is 90.3 Å². The van der Waals surface area contributed by atoms with Gasteiger partial charge in [-0.2, -0.15) is 0 Å². The van der Waals surface area contributed by atoms with Crippen LogP contribution in [0.4, 0.5) is 5.69 Å². The molecule has 0 unspecified atom stereocenters. The molecule has 0 radical (unpaired) electrons. The Kier molecular flexibility index (Phi) is 6.94. The Labute approximate surface area is 209 Å². The third-order valence-electron chi connectivity index (χ3n) is 6.78. The minimum atomic E-state index is -1.00. The van der Waals surface area contributed by atoms with Crippen molar-refractivity contribution >= 4 is 34.7 Å². The average Bonchev–Trinajstić information content (AvgIpc) is 3.39. The second-order valence-corrected chi connectivity index (χ2v) is 9.26. The van der Waals surface area contributed by atoms with Crippen molar-refractivity contribution in [2.75, 3.05) is 4.90 Å². The highest BCUT2D eigenvalue weighted by Crippen LogP contribution is 2.30. The molecule has 0 spiro atoms. The summed E-state index contributed by atoms with van der Waals surface area (Å²) in [4.78, 5) is 30.7. The molecule has 182 valence electrons. The molecule has 3 aromatic carbocycles. The second kappa shape index (κ2) is 10.6. The van der Waals surface area contributed by atoms with Gasteiger partial charge in [-0.3, -0.25) is 4.79 Å². The quantitative estimate of drug-likeness (QED) is 0.297. The van der Waals surface area contributed by atoms with Crippen LogP contribution in [0.15, 0.2) is 83.6 Å². The van der Waals surface area contributed by atoms with Crippen LogP contribution < -0.4 is 4.90 Å². The Morgan fingerprint density at radius 3 is 2.53 bits per heavy atom. The zero-order valence-corrected chi connectivity index (χ0v) is 20.0. The van der Waals surface area contributed by atoms with Crippen LogP contribution in [0.5, 0.6) is 0 Å². The average molecular weight is 481 g/mol. The highest BCUT2D eigenvalue weighted by molar-refractivity contribution is 5.95. The number of nitrogens with zero attached hydrogens (tertiary/aromatic N) is 2. The summed E-state index contributed by atoms with van der Waals surface area (Å²) < 4.78 is 5.44. The number of carbonyl (C=O) groups excluding carboxylic acids is 1. The fraction of sp³-hybridized carbons (Fsp3) is 0.233. The molecule has 0 atom stereocenters. The largest absolute Gasteiger partial charge is 0.478 e. The minimum Gasteiger partial charge on any atom is -0.478 e. The number of aliphatic carboxylic acids is 1. The zero-order chi connectivity index (χ0) is 24.9. The molecule has 1 aliphatic carbocycles. The first-order valence-corrected chi connectivity index (χ1v) is 12.3. The lowest BCUT2D eigenvalue weighted by Crippen LogP contribution is -2.36. The Bertz CT molecular complexity index is 1400. The van der Waals surface area contributed by atoms with Crippen molar-refractivity contribution in [3.8, 4) is 11.1 Å². The van der Waals surface area contributed by atoms with Crippen LogP contribution in [-0.2, 0) is 16.1 Å². The van der Waals surface area contributed by atoms with Crippen LogP contribution in [0.25, 0.3) is 28.3 Å².